The van der Waals surface area contributed by atoms with Gasteiger partial charge >= 0.3 is 5.97 Å². The molecule has 0 aliphatic carbocycles. The van der Waals surface area contributed by atoms with Crippen molar-refractivity contribution < 1.29 is 37.3 Å². The van der Waals surface area contributed by atoms with Gasteiger partial charge in [0.1, 0.15) is 12.0 Å². The standard InChI is InChI=1S/C37H27N5O9S/c38-52(49,50)30-20-9-8-19-29(30)35(44)41-40-32(26-16-5-4-15-25(26)22-11-2-1-3-12-22)31(34-27-17-6-7-18-28(27)37(46)51-34)33(43)36(45)39-23-13-10-14-24(21-23)42(47)48/h1-21,31,34H,(H,39,45)(H,41,44)(H2,38,49,50)/b40-32-/t31-,34+/m1/s1. The molecule has 5 aromatic carbocycles. The van der Waals surface area contributed by atoms with Crippen LogP contribution in [0.3, 0.4) is 0 Å². The highest BCUT2D eigenvalue weighted by molar-refractivity contribution is 7.89. The van der Waals surface area contributed by atoms with Crippen molar-refractivity contribution in [3.63, 3.8) is 0 Å². The van der Waals surface area contributed by atoms with Crippen LogP contribution >= 0.6 is 0 Å². The molecule has 4 N–H and O–H groups in total. The van der Waals surface area contributed by atoms with Crippen molar-refractivity contribution in [1.29, 1.82) is 0 Å². The minimum absolute atomic E-state index is 0.0637. The molecular weight excluding hydrogens is 691 g/mol. The number of hydrogen-bond donors (Lipinski definition) is 3. The summed E-state index contributed by atoms with van der Waals surface area (Å²) in [5.41, 5.74) is 3.13. The van der Waals surface area contributed by atoms with Gasteiger partial charge in [-0.05, 0) is 35.4 Å². The second kappa shape index (κ2) is 14.6. The first-order valence-electron chi connectivity index (χ1n) is 15.5. The third-order valence-electron chi connectivity index (χ3n) is 8.14. The number of fused-ring (bicyclic) bond motifs is 1. The number of Topliss-reactive ketones (excluding diaryl/α,β-unsaturated/α-hetero) is 1. The fourth-order valence-electron chi connectivity index (χ4n) is 5.80. The largest absolute Gasteiger partial charge is 0.453 e. The van der Waals surface area contributed by atoms with Crippen LogP contribution in [0.25, 0.3) is 11.1 Å². The zero-order valence-electron chi connectivity index (χ0n) is 26.8. The lowest BCUT2D eigenvalue weighted by molar-refractivity contribution is -0.384. The van der Waals surface area contributed by atoms with Gasteiger partial charge in [0.15, 0.2) is 0 Å². The Kier molecular flexibility index (Phi) is 9.80. The number of hydrazone groups is 1. The molecule has 52 heavy (non-hydrogen) atoms. The van der Waals surface area contributed by atoms with Crippen molar-refractivity contribution in [3.05, 3.63) is 160 Å². The highest BCUT2D eigenvalue weighted by Gasteiger charge is 2.46. The topological polar surface area (TPSA) is 217 Å². The molecule has 0 fully saturated rings. The molecule has 2 amide bonds. The molecule has 2 atom stereocenters. The molecule has 1 heterocycles. The van der Waals surface area contributed by atoms with Crippen LogP contribution in [0.1, 0.15) is 37.9 Å². The quantitative estimate of drug-likeness (QED) is 0.0562. The first-order chi connectivity index (χ1) is 24.9. The molecule has 14 nitrogen and oxygen atoms in total. The summed E-state index contributed by atoms with van der Waals surface area (Å²) in [4.78, 5) is 65.2. The average Bonchev–Trinajstić information content (AvgIpc) is 3.48. The van der Waals surface area contributed by atoms with E-state index in [0.717, 1.165) is 12.1 Å². The predicted octanol–water partition coefficient (Wildman–Crippen LogP) is 4.78. The number of anilines is 1. The molecule has 0 unspecified atom stereocenters. The van der Waals surface area contributed by atoms with Gasteiger partial charge in [-0.25, -0.2) is 23.8 Å². The molecule has 6 rings (SSSR count). The van der Waals surface area contributed by atoms with E-state index >= 15 is 0 Å². The molecular formula is C37H27N5O9S. The summed E-state index contributed by atoms with van der Waals surface area (Å²) in [7, 11) is -4.36. The van der Waals surface area contributed by atoms with Crippen LogP contribution in [0.2, 0.25) is 0 Å². The Morgan fingerprint density at radius 2 is 1.44 bits per heavy atom. The summed E-state index contributed by atoms with van der Waals surface area (Å²) >= 11 is 0. The number of nitrogens with two attached hydrogens (primary N) is 1. The lowest BCUT2D eigenvalue weighted by Crippen LogP contribution is -2.40. The van der Waals surface area contributed by atoms with E-state index in [-0.39, 0.29) is 39.3 Å². The van der Waals surface area contributed by atoms with Crippen molar-refractivity contribution in [1.82, 2.24) is 5.43 Å². The average molecular weight is 718 g/mol. The first kappa shape index (κ1) is 35.0. The molecule has 260 valence electrons. The van der Waals surface area contributed by atoms with Crippen molar-refractivity contribution in [3.8, 4) is 11.1 Å². The number of primary sulfonamides is 1. The van der Waals surface area contributed by atoms with Crippen LogP contribution in [-0.2, 0) is 24.3 Å². The van der Waals surface area contributed by atoms with Gasteiger partial charge in [-0.1, -0.05) is 91.0 Å². The fraction of sp³-hybridized carbons (Fsp3) is 0.0541. The molecule has 0 bridgehead atoms. The number of nitro benzene ring substituents is 1. The van der Waals surface area contributed by atoms with Crippen LogP contribution in [0.5, 0.6) is 0 Å². The minimum Gasteiger partial charge on any atom is -0.453 e. The van der Waals surface area contributed by atoms with Gasteiger partial charge in [-0.3, -0.25) is 24.5 Å². The Labute approximate surface area is 296 Å². The molecule has 1 aliphatic heterocycles. The number of rotatable bonds is 11. The summed E-state index contributed by atoms with van der Waals surface area (Å²) in [5.74, 6) is -5.94. The lowest BCUT2D eigenvalue weighted by Gasteiger charge is -2.25. The fourth-order valence-corrected chi connectivity index (χ4v) is 6.54. The number of benzene rings is 5. The number of amides is 2. The number of carbonyl (C=O) groups excluding carboxylic acids is 4. The zero-order valence-corrected chi connectivity index (χ0v) is 27.6. The van der Waals surface area contributed by atoms with Gasteiger partial charge in [-0.2, -0.15) is 5.10 Å². The van der Waals surface area contributed by atoms with Crippen molar-refractivity contribution in [2.45, 2.75) is 11.0 Å². The summed E-state index contributed by atoms with van der Waals surface area (Å²) in [5, 5.41) is 23.5. The number of non-ortho nitro benzene ring substituents is 1. The van der Waals surface area contributed by atoms with Crippen LogP contribution < -0.4 is 15.9 Å². The van der Waals surface area contributed by atoms with Gasteiger partial charge < -0.3 is 10.1 Å². The van der Waals surface area contributed by atoms with E-state index in [1.165, 1.54) is 42.5 Å². The van der Waals surface area contributed by atoms with E-state index in [1.54, 1.807) is 72.8 Å². The first-order valence-corrected chi connectivity index (χ1v) is 17.0. The smallest absolute Gasteiger partial charge is 0.339 e. The van der Waals surface area contributed by atoms with E-state index in [1.807, 2.05) is 0 Å². The number of nitro groups is 1. The number of ether oxygens (including phenoxy) is 1. The molecule has 0 saturated heterocycles. The van der Waals surface area contributed by atoms with Gasteiger partial charge in [0.2, 0.25) is 15.8 Å². The monoisotopic (exact) mass is 717 g/mol. The van der Waals surface area contributed by atoms with Gasteiger partial charge in [0, 0.05) is 28.9 Å². The van der Waals surface area contributed by atoms with Crippen molar-refractivity contribution in [2.24, 2.45) is 16.2 Å². The molecule has 5 aromatic rings. The summed E-state index contributed by atoms with van der Waals surface area (Å²) in [6, 6.07) is 31.9. The highest BCUT2D eigenvalue weighted by atomic mass is 32.2. The second-order valence-electron chi connectivity index (χ2n) is 11.4. The van der Waals surface area contributed by atoms with Crippen LogP contribution in [0, 0.1) is 16.0 Å². The summed E-state index contributed by atoms with van der Waals surface area (Å²) in [6.45, 7) is 0. The van der Waals surface area contributed by atoms with E-state index in [2.05, 4.69) is 15.8 Å². The Bertz CT molecular complexity index is 2400. The Hall–Kier alpha value is -6.84. The second-order valence-corrected chi connectivity index (χ2v) is 12.9. The van der Waals surface area contributed by atoms with Crippen LogP contribution in [0.4, 0.5) is 11.4 Å². The number of nitrogens with zero attached hydrogens (tertiary/aromatic N) is 2. The maximum Gasteiger partial charge on any atom is 0.339 e. The number of carbonyl (C=O) groups is 4. The third kappa shape index (κ3) is 7.21. The Morgan fingerprint density at radius 1 is 0.808 bits per heavy atom. The number of ketones is 1. The zero-order chi connectivity index (χ0) is 37.0. The molecule has 0 spiro atoms. The normalized spacial score (nSPS) is 14.4. The van der Waals surface area contributed by atoms with Gasteiger partial charge in [-0.15, -0.1) is 0 Å². The van der Waals surface area contributed by atoms with Crippen molar-refractivity contribution in [2.75, 3.05) is 5.32 Å². The van der Waals surface area contributed by atoms with Gasteiger partial charge in [0.05, 0.1) is 26.7 Å². The Morgan fingerprint density at radius 3 is 2.15 bits per heavy atom. The molecule has 0 radical (unpaired) electrons. The molecule has 0 aromatic heterocycles. The van der Waals surface area contributed by atoms with Crippen LogP contribution in [-0.4, -0.2) is 42.6 Å². The SMILES string of the molecule is NS(=O)(=O)c1ccccc1C(=O)N/N=C(/c1ccccc1-c1ccccc1)[C@H](C(=O)C(=O)Nc1cccc([N+](=O)[O-])c1)[C@H]1OC(=O)c2ccccc21. The predicted molar refractivity (Wildman–Crippen MR) is 189 cm³/mol. The molecule has 15 heteroatoms. The van der Waals surface area contributed by atoms with E-state index in [9.17, 15) is 37.7 Å². The molecule has 1 aliphatic rings. The maximum atomic E-state index is 14.5. The number of sulfonamides is 1. The minimum atomic E-state index is -4.36. The van der Waals surface area contributed by atoms with E-state index < -0.39 is 55.4 Å². The highest BCUT2D eigenvalue weighted by Crippen LogP contribution is 2.40. The summed E-state index contributed by atoms with van der Waals surface area (Å²) < 4.78 is 30.4. The van der Waals surface area contributed by atoms with E-state index in [0.29, 0.717) is 11.1 Å². The number of esters is 1. The number of hydrogen-bond acceptors (Lipinski definition) is 10. The maximum absolute atomic E-state index is 14.5. The van der Waals surface area contributed by atoms with E-state index in [4.69, 9.17) is 9.88 Å². The number of nitrogens with one attached hydrogen (secondary N) is 2. The molecule has 0 saturated carbocycles. The number of cyclic esters (lactones) is 1. The third-order valence-corrected chi connectivity index (χ3v) is 9.11. The Balaban J connectivity index is 1.54. The summed E-state index contributed by atoms with van der Waals surface area (Å²) in [6.07, 6.45) is -1.44. The van der Waals surface area contributed by atoms with Gasteiger partial charge in [0.25, 0.3) is 17.5 Å². The lowest BCUT2D eigenvalue weighted by atomic mass is 9.82. The van der Waals surface area contributed by atoms with Crippen LogP contribution in [0.15, 0.2) is 137 Å². The van der Waals surface area contributed by atoms with Crippen molar-refractivity contribution >= 4 is 50.7 Å².